The Labute approximate surface area is 137 Å². The summed E-state index contributed by atoms with van der Waals surface area (Å²) in [6.07, 6.45) is 0.469. The van der Waals surface area contributed by atoms with Gasteiger partial charge >= 0.3 is 6.03 Å². The van der Waals surface area contributed by atoms with Gasteiger partial charge in [0, 0.05) is 18.2 Å². The lowest BCUT2D eigenvalue weighted by Gasteiger charge is -2.24. The highest BCUT2D eigenvalue weighted by Crippen LogP contribution is 2.18. The number of halogens is 1. The van der Waals surface area contributed by atoms with Crippen LogP contribution in [-0.4, -0.2) is 36.9 Å². The van der Waals surface area contributed by atoms with Gasteiger partial charge in [0.25, 0.3) is 0 Å². The molecule has 2 amide bonds. The fourth-order valence-corrected chi connectivity index (χ4v) is 2.00. The van der Waals surface area contributed by atoms with Crippen molar-refractivity contribution in [2.45, 2.75) is 33.3 Å². The van der Waals surface area contributed by atoms with E-state index in [-0.39, 0.29) is 24.2 Å². The van der Waals surface area contributed by atoms with Gasteiger partial charge in [0.05, 0.1) is 6.54 Å². The third-order valence-corrected chi connectivity index (χ3v) is 3.43. The smallest absolute Gasteiger partial charge is 0.314 e. The van der Waals surface area contributed by atoms with E-state index in [9.17, 15) is 4.79 Å². The van der Waals surface area contributed by atoms with Gasteiger partial charge in [-0.3, -0.25) is 0 Å². The van der Waals surface area contributed by atoms with E-state index in [1.807, 2.05) is 32.9 Å². The lowest BCUT2D eigenvalue weighted by Crippen LogP contribution is -2.43. The number of aliphatic hydroxyl groups is 1. The van der Waals surface area contributed by atoms with Crippen molar-refractivity contribution in [3.63, 3.8) is 0 Å². The number of hydrogen-bond donors (Lipinski definition) is 3. The first-order valence-corrected chi connectivity index (χ1v) is 7.75. The Morgan fingerprint density at radius 1 is 1.41 bits per heavy atom. The van der Waals surface area contributed by atoms with E-state index < -0.39 is 0 Å². The van der Waals surface area contributed by atoms with Crippen molar-refractivity contribution >= 4 is 17.6 Å². The minimum Gasteiger partial charge on any atom is -0.489 e. The van der Waals surface area contributed by atoms with E-state index in [1.54, 1.807) is 12.1 Å². The Bertz CT molecular complexity index is 480. The number of amides is 2. The molecule has 0 aliphatic heterocycles. The fraction of sp³-hybridized carbons (Fsp3) is 0.562. The summed E-state index contributed by atoms with van der Waals surface area (Å²) >= 11 is 5.89. The lowest BCUT2D eigenvalue weighted by molar-refractivity contribution is 0.194. The molecular formula is C16H25ClN2O3. The van der Waals surface area contributed by atoms with Crippen molar-refractivity contribution in [3.05, 3.63) is 29.3 Å². The predicted molar refractivity (Wildman–Crippen MR) is 88.4 cm³/mol. The molecule has 0 aromatic heterocycles. The van der Waals surface area contributed by atoms with Crippen LogP contribution < -0.4 is 15.4 Å². The maximum absolute atomic E-state index is 11.7. The molecule has 0 saturated heterocycles. The SMILES string of the molecule is CC(CNC(=O)NCC(C)(C)CCO)Oc1cccc(Cl)c1. The standard InChI is InChI=1S/C16H25ClN2O3/c1-12(22-14-6-4-5-13(17)9-14)10-18-15(21)19-11-16(2,3)7-8-20/h4-6,9,12,20H,7-8,10-11H2,1-3H3,(H2,18,19,21). The van der Waals surface area contributed by atoms with E-state index in [2.05, 4.69) is 10.6 Å². The number of aliphatic hydroxyl groups excluding tert-OH is 1. The van der Waals surface area contributed by atoms with Gasteiger partial charge in [-0.25, -0.2) is 4.79 Å². The second kappa shape index (κ2) is 8.86. The molecule has 1 atom stereocenters. The average molecular weight is 329 g/mol. The second-order valence-corrected chi connectivity index (χ2v) is 6.52. The number of ether oxygens (including phenoxy) is 1. The first-order chi connectivity index (χ1) is 10.3. The molecule has 22 heavy (non-hydrogen) atoms. The van der Waals surface area contributed by atoms with Gasteiger partial charge in [0.1, 0.15) is 11.9 Å². The van der Waals surface area contributed by atoms with E-state index in [0.717, 1.165) is 0 Å². The van der Waals surface area contributed by atoms with E-state index >= 15 is 0 Å². The first-order valence-electron chi connectivity index (χ1n) is 7.37. The average Bonchev–Trinajstić information content (AvgIpc) is 2.43. The summed E-state index contributed by atoms with van der Waals surface area (Å²) in [4.78, 5) is 11.7. The zero-order chi connectivity index (χ0) is 16.6. The minimum absolute atomic E-state index is 0.112. The summed E-state index contributed by atoms with van der Waals surface area (Å²) in [5.74, 6) is 0.672. The van der Waals surface area contributed by atoms with Crippen molar-refractivity contribution in [1.82, 2.24) is 10.6 Å². The molecular weight excluding hydrogens is 304 g/mol. The van der Waals surface area contributed by atoms with Gasteiger partial charge in [-0.1, -0.05) is 31.5 Å². The van der Waals surface area contributed by atoms with Crippen LogP contribution in [0.1, 0.15) is 27.2 Å². The first kappa shape index (κ1) is 18.6. The van der Waals surface area contributed by atoms with Gasteiger partial charge in [-0.15, -0.1) is 0 Å². The van der Waals surface area contributed by atoms with E-state index in [0.29, 0.717) is 30.3 Å². The number of urea groups is 1. The Hall–Kier alpha value is -1.46. The van der Waals surface area contributed by atoms with Crippen LogP contribution in [0.25, 0.3) is 0 Å². The van der Waals surface area contributed by atoms with Crippen LogP contribution >= 0.6 is 11.6 Å². The Morgan fingerprint density at radius 3 is 2.77 bits per heavy atom. The molecule has 0 bridgehead atoms. The van der Waals surface area contributed by atoms with Crippen molar-refractivity contribution in [2.24, 2.45) is 5.41 Å². The predicted octanol–water partition coefficient (Wildman–Crippen LogP) is 2.82. The normalized spacial score (nSPS) is 12.6. The highest BCUT2D eigenvalue weighted by molar-refractivity contribution is 6.30. The quantitative estimate of drug-likeness (QED) is 0.687. The van der Waals surface area contributed by atoms with Gasteiger partial charge in [-0.2, -0.15) is 0 Å². The molecule has 3 N–H and O–H groups in total. The van der Waals surface area contributed by atoms with Crippen LogP contribution in [0.3, 0.4) is 0 Å². The van der Waals surface area contributed by atoms with E-state index in [4.69, 9.17) is 21.4 Å². The topological polar surface area (TPSA) is 70.6 Å². The number of carbonyl (C=O) groups excluding carboxylic acids is 1. The summed E-state index contributed by atoms with van der Waals surface area (Å²) in [5.41, 5.74) is -0.130. The van der Waals surface area contributed by atoms with Crippen molar-refractivity contribution in [2.75, 3.05) is 19.7 Å². The number of nitrogens with one attached hydrogen (secondary N) is 2. The van der Waals surface area contributed by atoms with Crippen molar-refractivity contribution in [3.8, 4) is 5.75 Å². The Morgan fingerprint density at radius 2 is 2.14 bits per heavy atom. The Balaban J connectivity index is 2.28. The molecule has 0 aliphatic rings. The molecule has 124 valence electrons. The number of benzene rings is 1. The largest absolute Gasteiger partial charge is 0.489 e. The van der Waals surface area contributed by atoms with Gasteiger partial charge in [-0.05, 0) is 37.0 Å². The van der Waals surface area contributed by atoms with Gasteiger partial charge in [0.15, 0.2) is 0 Å². The molecule has 0 fully saturated rings. The zero-order valence-electron chi connectivity index (χ0n) is 13.4. The van der Waals surface area contributed by atoms with Crippen LogP contribution in [0.5, 0.6) is 5.75 Å². The number of carbonyl (C=O) groups is 1. The Kier molecular flexibility index (Phi) is 7.48. The number of rotatable bonds is 8. The van der Waals surface area contributed by atoms with Crippen LogP contribution in [0, 0.1) is 5.41 Å². The summed E-state index contributed by atoms with van der Waals surface area (Å²) in [6, 6.07) is 6.90. The summed E-state index contributed by atoms with van der Waals surface area (Å²) in [6.45, 7) is 6.86. The third kappa shape index (κ3) is 7.52. The zero-order valence-corrected chi connectivity index (χ0v) is 14.1. The molecule has 1 unspecified atom stereocenters. The van der Waals surface area contributed by atoms with Crippen molar-refractivity contribution < 1.29 is 14.6 Å². The molecule has 1 rings (SSSR count). The molecule has 1 aromatic rings. The van der Waals surface area contributed by atoms with Crippen LogP contribution in [0.15, 0.2) is 24.3 Å². The summed E-state index contributed by atoms with van der Waals surface area (Å²) in [5, 5.41) is 15.1. The monoisotopic (exact) mass is 328 g/mol. The lowest BCUT2D eigenvalue weighted by atomic mass is 9.90. The second-order valence-electron chi connectivity index (χ2n) is 6.09. The summed E-state index contributed by atoms with van der Waals surface area (Å²) < 4.78 is 5.67. The molecule has 0 saturated carbocycles. The highest BCUT2D eigenvalue weighted by Gasteiger charge is 2.18. The molecule has 6 heteroatoms. The molecule has 0 radical (unpaired) electrons. The summed E-state index contributed by atoms with van der Waals surface area (Å²) in [7, 11) is 0. The molecule has 1 aromatic carbocycles. The minimum atomic E-state index is -0.243. The fourth-order valence-electron chi connectivity index (χ4n) is 1.82. The molecule has 0 heterocycles. The maximum atomic E-state index is 11.7. The van der Waals surface area contributed by atoms with Crippen LogP contribution in [0.2, 0.25) is 5.02 Å². The van der Waals surface area contributed by atoms with E-state index in [1.165, 1.54) is 0 Å². The highest BCUT2D eigenvalue weighted by atomic mass is 35.5. The molecule has 0 aliphatic carbocycles. The van der Waals surface area contributed by atoms with Gasteiger partial charge < -0.3 is 20.5 Å². The molecule has 0 spiro atoms. The van der Waals surface area contributed by atoms with Gasteiger partial charge in [0.2, 0.25) is 0 Å². The third-order valence-electron chi connectivity index (χ3n) is 3.20. The number of hydrogen-bond acceptors (Lipinski definition) is 3. The van der Waals surface area contributed by atoms with Crippen LogP contribution in [0.4, 0.5) is 4.79 Å². The maximum Gasteiger partial charge on any atom is 0.314 e. The van der Waals surface area contributed by atoms with Crippen LogP contribution in [-0.2, 0) is 0 Å². The van der Waals surface area contributed by atoms with Crippen molar-refractivity contribution in [1.29, 1.82) is 0 Å². The molecule has 5 nitrogen and oxygen atoms in total.